The maximum absolute atomic E-state index is 13.4. The van der Waals surface area contributed by atoms with Crippen molar-refractivity contribution in [1.29, 1.82) is 0 Å². The van der Waals surface area contributed by atoms with Gasteiger partial charge >= 0.3 is 0 Å². The molecule has 3 heterocycles. The van der Waals surface area contributed by atoms with E-state index < -0.39 is 5.41 Å². The van der Waals surface area contributed by atoms with Gasteiger partial charge in [0.15, 0.2) is 0 Å². The van der Waals surface area contributed by atoms with E-state index in [1.54, 1.807) is 17.3 Å². The topological polar surface area (TPSA) is 65.5 Å². The number of anilines is 1. The second kappa shape index (κ2) is 8.79. The van der Waals surface area contributed by atoms with Crippen LogP contribution in [0.1, 0.15) is 39.9 Å². The highest BCUT2D eigenvalue weighted by Crippen LogP contribution is 2.47. The van der Waals surface area contributed by atoms with E-state index in [0.717, 1.165) is 49.3 Å². The molecule has 6 heteroatoms. The summed E-state index contributed by atoms with van der Waals surface area (Å²) in [4.78, 5) is 34.5. The molecule has 33 heavy (non-hydrogen) atoms. The Bertz CT molecular complexity index is 1160. The first-order valence-corrected chi connectivity index (χ1v) is 11.4. The molecule has 2 aliphatic heterocycles. The molecular formula is C27H28N4O2. The molecule has 0 unspecified atom stereocenters. The smallest absolute Gasteiger partial charge is 0.251 e. The average molecular weight is 441 g/mol. The number of nitrogens with zero attached hydrogens (tertiary/aromatic N) is 3. The van der Waals surface area contributed by atoms with Crippen LogP contribution in [0, 0.1) is 0 Å². The minimum atomic E-state index is -0.545. The fourth-order valence-corrected chi connectivity index (χ4v) is 5.10. The molecule has 168 valence electrons. The Morgan fingerprint density at radius 2 is 1.79 bits per heavy atom. The number of likely N-dealkylation sites (tertiary alicyclic amines) is 1. The van der Waals surface area contributed by atoms with Crippen LogP contribution in [0.4, 0.5) is 5.69 Å². The summed E-state index contributed by atoms with van der Waals surface area (Å²) in [5.74, 6) is 0.00472. The van der Waals surface area contributed by atoms with Gasteiger partial charge in [0.25, 0.3) is 5.91 Å². The Kier molecular flexibility index (Phi) is 5.68. The van der Waals surface area contributed by atoms with Crippen LogP contribution in [0.2, 0.25) is 0 Å². The Hall–Kier alpha value is -3.51. The van der Waals surface area contributed by atoms with Crippen LogP contribution in [0.5, 0.6) is 0 Å². The van der Waals surface area contributed by atoms with Crippen molar-refractivity contribution in [3.63, 3.8) is 0 Å². The number of aromatic nitrogens is 1. The van der Waals surface area contributed by atoms with Crippen LogP contribution in [0.15, 0.2) is 73.1 Å². The SMILES string of the molecule is CN1C(=O)C2(CCN(Cc3ccccc3)CC2)c2cc(C(=O)NCc3cccnc3)ccc21. The van der Waals surface area contributed by atoms with Crippen LogP contribution in [-0.4, -0.2) is 41.8 Å². The third-order valence-corrected chi connectivity index (χ3v) is 6.98. The number of carbonyl (C=O) groups excluding carboxylic acids is 2. The number of nitrogens with one attached hydrogen (secondary N) is 1. The van der Waals surface area contributed by atoms with Gasteiger partial charge in [-0.05, 0) is 66.9 Å². The average Bonchev–Trinajstić information content (AvgIpc) is 3.06. The summed E-state index contributed by atoms with van der Waals surface area (Å²) in [5, 5.41) is 2.97. The molecule has 5 rings (SSSR count). The van der Waals surface area contributed by atoms with E-state index in [4.69, 9.17) is 0 Å². The van der Waals surface area contributed by atoms with Crippen molar-refractivity contribution in [2.24, 2.45) is 0 Å². The molecule has 1 fully saturated rings. The number of amides is 2. The molecule has 0 radical (unpaired) electrons. The number of hydrogen-bond acceptors (Lipinski definition) is 4. The zero-order valence-electron chi connectivity index (χ0n) is 18.8. The van der Waals surface area contributed by atoms with Gasteiger partial charge in [0.1, 0.15) is 0 Å². The van der Waals surface area contributed by atoms with Crippen molar-refractivity contribution in [3.8, 4) is 0 Å². The quantitative estimate of drug-likeness (QED) is 0.659. The summed E-state index contributed by atoms with van der Waals surface area (Å²) in [5.41, 5.74) is 4.19. The summed E-state index contributed by atoms with van der Waals surface area (Å²) >= 11 is 0. The first kappa shape index (κ1) is 21.3. The maximum atomic E-state index is 13.4. The van der Waals surface area contributed by atoms with Crippen LogP contribution in [0.25, 0.3) is 0 Å². The van der Waals surface area contributed by atoms with Gasteiger partial charge in [0.2, 0.25) is 5.91 Å². The highest BCUT2D eigenvalue weighted by Gasteiger charge is 2.51. The molecule has 1 saturated heterocycles. The summed E-state index contributed by atoms with van der Waals surface area (Å²) in [6, 6.07) is 19.9. The van der Waals surface area contributed by atoms with Crippen molar-refractivity contribution in [1.82, 2.24) is 15.2 Å². The van der Waals surface area contributed by atoms with E-state index in [9.17, 15) is 9.59 Å². The predicted octanol–water partition coefficient (Wildman–Crippen LogP) is 3.52. The molecule has 1 spiro atoms. The minimum Gasteiger partial charge on any atom is -0.348 e. The van der Waals surface area contributed by atoms with E-state index >= 15 is 0 Å². The normalized spacial score (nSPS) is 17.2. The van der Waals surface area contributed by atoms with Gasteiger partial charge in [0, 0.05) is 43.8 Å². The number of hydrogen-bond donors (Lipinski definition) is 1. The number of likely N-dealkylation sites (N-methyl/N-ethyl adjacent to an activating group) is 1. The van der Waals surface area contributed by atoms with E-state index in [1.807, 2.05) is 43.4 Å². The first-order chi connectivity index (χ1) is 16.1. The molecular weight excluding hydrogens is 412 g/mol. The fourth-order valence-electron chi connectivity index (χ4n) is 5.10. The predicted molar refractivity (Wildman–Crippen MR) is 128 cm³/mol. The Labute approximate surface area is 194 Å². The first-order valence-electron chi connectivity index (χ1n) is 11.4. The van der Waals surface area contributed by atoms with Crippen LogP contribution in [-0.2, 0) is 23.3 Å². The van der Waals surface area contributed by atoms with Gasteiger partial charge in [0.05, 0.1) is 5.41 Å². The number of benzene rings is 2. The lowest BCUT2D eigenvalue weighted by Crippen LogP contribution is -2.47. The number of rotatable bonds is 5. The van der Waals surface area contributed by atoms with Gasteiger partial charge in [-0.2, -0.15) is 0 Å². The van der Waals surface area contributed by atoms with E-state index in [1.165, 1.54) is 5.56 Å². The third-order valence-electron chi connectivity index (χ3n) is 6.98. The van der Waals surface area contributed by atoms with Gasteiger partial charge in [-0.3, -0.25) is 19.5 Å². The lowest BCUT2D eigenvalue weighted by Gasteiger charge is -2.38. The molecule has 2 aromatic carbocycles. The summed E-state index contributed by atoms with van der Waals surface area (Å²) in [7, 11) is 1.84. The highest BCUT2D eigenvalue weighted by atomic mass is 16.2. The van der Waals surface area contributed by atoms with Crippen LogP contribution < -0.4 is 10.2 Å². The Morgan fingerprint density at radius 3 is 2.52 bits per heavy atom. The second-order valence-electron chi connectivity index (χ2n) is 8.98. The largest absolute Gasteiger partial charge is 0.348 e. The van der Waals surface area contributed by atoms with Crippen molar-refractivity contribution < 1.29 is 9.59 Å². The summed E-state index contributed by atoms with van der Waals surface area (Å²) < 4.78 is 0. The molecule has 2 aliphatic rings. The molecule has 0 saturated carbocycles. The fraction of sp³-hybridized carbons (Fsp3) is 0.296. The Balaban J connectivity index is 1.33. The third kappa shape index (κ3) is 4.02. The molecule has 0 atom stereocenters. The standard InChI is InChI=1S/C27H28N4O2/c1-30-24-10-9-22(25(32)29-18-21-8-5-13-28-17-21)16-23(24)27(26(30)33)11-14-31(15-12-27)19-20-6-3-2-4-7-20/h2-10,13,16-17H,11-12,14-15,18-19H2,1H3,(H,29,32). The van der Waals surface area contributed by atoms with Crippen LogP contribution in [0.3, 0.4) is 0 Å². The van der Waals surface area contributed by atoms with Crippen molar-refractivity contribution >= 4 is 17.5 Å². The van der Waals surface area contributed by atoms with Crippen molar-refractivity contribution in [3.05, 3.63) is 95.3 Å². The molecule has 2 amide bonds. The van der Waals surface area contributed by atoms with Gasteiger partial charge in [-0.15, -0.1) is 0 Å². The maximum Gasteiger partial charge on any atom is 0.251 e. The molecule has 0 aliphatic carbocycles. The molecule has 0 bridgehead atoms. The Morgan fingerprint density at radius 1 is 1.03 bits per heavy atom. The minimum absolute atomic E-state index is 0.139. The van der Waals surface area contributed by atoms with Crippen LogP contribution >= 0.6 is 0 Å². The van der Waals surface area contributed by atoms with Gasteiger partial charge in [-0.25, -0.2) is 0 Å². The lowest BCUT2D eigenvalue weighted by molar-refractivity contribution is -0.124. The van der Waals surface area contributed by atoms with E-state index in [2.05, 4.69) is 39.5 Å². The van der Waals surface area contributed by atoms with Crippen molar-refractivity contribution in [2.75, 3.05) is 25.0 Å². The van der Waals surface area contributed by atoms with E-state index in [-0.39, 0.29) is 11.8 Å². The number of fused-ring (bicyclic) bond motifs is 2. The molecule has 3 aromatic rings. The van der Waals surface area contributed by atoms with Crippen molar-refractivity contribution in [2.45, 2.75) is 31.3 Å². The zero-order chi connectivity index (χ0) is 22.8. The zero-order valence-corrected chi connectivity index (χ0v) is 18.8. The number of carbonyl (C=O) groups is 2. The second-order valence-corrected chi connectivity index (χ2v) is 8.98. The monoisotopic (exact) mass is 440 g/mol. The number of piperidine rings is 1. The number of pyridine rings is 1. The summed E-state index contributed by atoms with van der Waals surface area (Å²) in [6.07, 6.45) is 4.98. The highest BCUT2D eigenvalue weighted by molar-refractivity contribution is 6.09. The van der Waals surface area contributed by atoms with E-state index in [0.29, 0.717) is 12.1 Å². The molecule has 1 N–H and O–H groups in total. The van der Waals surface area contributed by atoms with Gasteiger partial charge in [-0.1, -0.05) is 36.4 Å². The summed E-state index contributed by atoms with van der Waals surface area (Å²) in [6.45, 7) is 3.02. The lowest BCUT2D eigenvalue weighted by atomic mass is 9.73. The molecule has 1 aromatic heterocycles. The van der Waals surface area contributed by atoms with Gasteiger partial charge < -0.3 is 10.2 Å². The molecule has 6 nitrogen and oxygen atoms in total.